The standard InChI is InChI=1S/C10H12BrN3O6/c11-4-1-14(9(19)5(13-4)8(12)18)10-7(17)6(16)3(2-15)20-10/h1,3,6-7,10,15-17H,2H2,(H2,12,18)/t3-,6-,7-,10-/m1/s1. The van der Waals surface area contributed by atoms with Crippen LogP contribution in [0.3, 0.4) is 0 Å². The topological polar surface area (TPSA) is 148 Å². The summed E-state index contributed by atoms with van der Waals surface area (Å²) >= 11 is 3.00. The van der Waals surface area contributed by atoms with Crippen LogP contribution in [0.2, 0.25) is 0 Å². The number of halogens is 1. The van der Waals surface area contributed by atoms with Crippen LogP contribution < -0.4 is 11.3 Å². The molecule has 4 atom stereocenters. The fourth-order valence-electron chi connectivity index (χ4n) is 1.94. The summed E-state index contributed by atoms with van der Waals surface area (Å²) in [6.45, 7) is -0.529. The van der Waals surface area contributed by atoms with Crippen molar-refractivity contribution in [2.75, 3.05) is 6.61 Å². The van der Waals surface area contributed by atoms with Crippen molar-refractivity contribution in [1.82, 2.24) is 9.55 Å². The summed E-state index contributed by atoms with van der Waals surface area (Å²) in [5.74, 6) is -1.03. The highest BCUT2D eigenvalue weighted by atomic mass is 79.9. The maximum absolute atomic E-state index is 12.0. The molecule has 2 heterocycles. The van der Waals surface area contributed by atoms with E-state index in [-0.39, 0.29) is 4.60 Å². The van der Waals surface area contributed by atoms with E-state index >= 15 is 0 Å². The smallest absolute Gasteiger partial charge is 0.284 e. The molecule has 0 saturated carbocycles. The second kappa shape index (κ2) is 5.58. The molecular formula is C10H12BrN3O6. The number of carbonyl (C=O) groups excluding carboxylic acids is 1. The summed E-state index contributed by atoms with van der Waals surface area (Å²) < 4.78 is 6.22. The van der Waals surface area contributed by atoms with Crippen LogP contribution in [-0.4, -0.2) is 55.7 Å². The lowest BCUT2D eigenvalue weighted by Gasteiger charge is -2.18. The Kier molecular flexibility index (Phi) is 4.20. The summed E-state index contributed by atoms with van der Waals surface area (Å²) in [6.07, 6.45) is -3.91. The van der Waals surface area contributed by atoms with Gasteiger partial charge in [-0.15, -0.1) is 0 Å². The lowest BCUT2D eigenvalue weighted by molar-refractivity contribution is -0.0546. The molecule has 1 amide bonds. The van der Waals surface area contributed by atoms with E-state index in [1.54, 1.807) is 0 Å². The van der Waals surface area contributed by atoms with Crippen LogP contribution in [-0.2, 0) is 4.74 Å². The van der Waals surface area contributed by atoms with Crippen molar-refractivity contribution in [1.29, 1.82) is 0 Å². The predicted molar refractivity (Wildman–Crippen MR) is 67.7 cm³/mol. The zero-order valence-electron chi connectivity index (χ0n) is 10.0. The van der Waals surface area contributed by atoms with Gasteiger partial charge in [-0.05, 0) is 15.9 Å². The summed E-state index contributed by atoms with van der Waals surface area (Å²) in [5, 5.41) is 28.5. The van der Waals surface area contributed by atoms with Crippen molar-refractivity contribution in [2.24, 2.45) is 5.73 Å². The van der Waals surface area contributed by atoms with Crippen LogP contribution >= 0.6 is 15.9 Å². The van der Waals surface area contributed by atoms with Gasteiger partial charge in [0.15, 0.2) is 11.9 Å². The van der Waals surface area contributed by atoms with Gasteiger partial charge in [0, 0.05) is 6.20 Å². The second-order valence-corrected chi connectivity index (χ2v) is 5.03. The number of nitrogens with two attached hydrogens (primary N) is 1. The highest BCUT2D eigenvalue weighted by Gasteiger charge is 2.44. The molecule has 1 saturated heterocycles. The van der Waals surface area contributed by atoms with Gasteiger partial charge in [-0.25, -0.2) is 4.98 Å². The van der Waals surface area contributed by atoms with Gasteiger partial charge in [-0.1, -0.05) is 0 Å². The fourth-order valence-corrected chi connectivity index (χ4v) is 2.34. The number of amides is 1. The first-order chi connectivity index (χ1) is 9.36. The van der Waals surface area contributed by atoms with E-state index in [1.165, 1.54) is 6.20 Å². The molecule has 2 rings (SSSR count). The largest absolute Gasteiger partial charge is 0.394 e. The molecule has 0 unspecified atom stereocenters. The third kappa shape index (κ3) is 2.47. The maximum Gasteiger partial charge on any atom is 0.284 e. The number of carbonyl (C=O) groups is 1. The van der Waals surface area contributed by atoms with Crippen molar-refractivity contribution in [2.45, 2.75) is 24.5 Å². The molecule has 0 spiro atoms. The van der Waals surface area contributed by atoms with E-state index in [9.17, 15) is 19.8 Å². The summed E-state index contributed by atoms with van der Waals surface area (Å²) in [6, 6.07) is 0. The minimum absolute atomic E-state index is 0.128. The van der Waals surface area contributed by atoms with Crippen molar-refractivity contribution >= 4 is 21.8 Å². The Bertz CT molecular complexity index is 591. The minimum Gasteiger partial charge on any atom is -0.394 e. The molecule has 0 aliphatic carbocycles. The molecule has 9 nitrogen and oxygen atoms in total. The van der Waals surface area contributed by atoms with Crippen molar-refractivity contribution in [3.63, 3.8) is 0 Å². The van der Waals surface area contributed by atoms with E-state index in [0.717, 1.165) is 4.57 Å². The second-order valence-electron chi connectivity index (χ2n) is 4.22. The monoisotopic (exact) mass is 349 g/mol. The lowest BCUT2D eigenvalue weighted by atomic mass is 10.1. The number of aromatic nitrogens is 2. The molecule has 0 aromatic carbocycles. The van der Waals surface area contributed by atoms with Gasteiger partial charge >= 0.3 is 0 Å². The van der Waals surface area contributed by atoms with Crippen molar-refractivity contribution in [3.05, 3.63) is 26.8 Å². The van der Waals surface area contributed by atoms with Crippen LogP contribution in [0.1, 0.15) is 16.7 Å². The molecule has 0 bridgehead atoms. The van der Waals surface area contributed by atoms with Crippen molar-refractivity contribution in [3.8, 4) is 0 Å². The predicted octanol–water partition coefficient (Wildman–Crippen LogP) is -2.28. The number of hydrogen-bond acceptors (Lipinski definition) is 7. The van der Waals surface area contributed by atoms with E-state index in [2.05, 4.69) is 20.9 Å². The van der Waals surface area contributed by atoms with Gasteiger partial charge in [0.2, 0.25) is 0 Å². The number of hydrogen-bond donors (Lipinski definition) is 4. The number of aliphatic hydroxyl groups is 3. The Balaban J connectivity index is 2.49. The Morgan fingerprint density at radius 2 is 2.15 bits per heavy atom. The highest BCUT2D eigenvalue weighted by molar-refractivity contribution is 9.10. The zero-order chi connectivity index (χ0) is 15.0. The number of nitrogens with zero attached hydrogens (tertiary/aromatic N) is 2. The summed E-state index contributed by atoms with van der Waals surface area (Å²) in [4.78, 5) is 26.8. The average molecular weight is 350 g/mol. The third-order valence-electron chi connectivity index (χ3n) is 2.93. The van der Waals surface area contributed by atoms with Crippen LogP contribution in [0.5, 0.6) is 0 Å². The van der Waals surface area contributed by atoms with E-state index in [0.29, 0.717) is 0 Å². The highest BCUT2D eigenvalue weighted by Crippen LogP contribution is 2.28. The number of aliphatic hydroxyl groups excluding tert-OH is 3. The number of rotatable bonds is 3. The fraction of sp³-hybridized carbons (Fsp3) is 0.500. The first kappa shape index (κ1) is 15.1. The molecule has 1 fully saturated rings. The minimum atomic E-state index is -1.44. The Morgan fingerprint density at radius 3 is 2.65 bits per heavy atom. The van der Waals surface area contributed by atoms with Gasteiger partial charge in [0.05, 0.1) is 6.61 Å². The van der Waals surface area contributed by atoms with Crippen LogP contribution in [0.15, 0.2) is 15.6 Å². The van der Waals surface area contributed by atoms with E-state index in [4.69, 9.17) is 15.6 Å². The van der Waals surface area contributed by atoms with Crippen LogP contribution in [0.4, 0.5) is 0 Å². The molecule has 1 aliphatic heterocycles. The van der Waals surface area contributed by atoms with Crippen LogP contribution in [0, 0.1) is 0 Å². The molecule has 20 heavy (non-hydrogen) atoms. The molecule has 1 aromatic rings. The molecule has 0 radical (unpaired) electrons. The van der Waals surface area contributed by atoms with Gasteiger partial charge < -0.3 is 25.8 Å². The SMILES string of the molecule is NC(=O)c1nc(Br)cn([C@@H]2O[C@H](CO)[C@@H](O)[C@H]2O)c1=O. The van der Waals surface area contributed by atoms with Gasteiger partial charge in [-0.3, -0.25) is 14.2 Å². The number of ether oxygens (including phenoxy) is 1. The molecule has 10 heteroatoms. The first-order valence-corrected chi connectivity index (χ1v) is 6.37. The molecular weight excluding hydrogens is 338 g/mol. The average Bonchev–Trinajstić information content (AvgIpc) is 2.68. The molecule has 5 N–H and O–H groups in total. The van der Waals surface area contributed by atoms with E-state index < -0.39 is 48.3 Å². The van der Waals surface area contributed by atoms with Gasteiger partial charge in [-0.2, -0.15) is 0 Å². The van der Waals surface area contributed by atoms with Gasteiger partial charge in [0.25, 0.3) is 11.5 Å². The van der Waals surface area contributed by atoms with Crippen molar-refractivity contribution < 1.29 is 24.9 Å². The van der Waals surface area contributed by atoms with Crippen LogP contribution in [0.25, 0.3) is 0 Å². The number of primary amides is 1. The summed E-state index contributed by atoms with van der Waals surface area (Å²) in [7, 11) is 0. The Hall–Kier alpha value is -1.33. The first-order valence-electron chi connectivity index (χ1n) is 5.57. The Morgan fingerprint density at radius 1 is 1.50 bits per heavy atom. The maximum atomic E-state index is 12.0. The van der Waals surface area contributed by atoms with Gasteiger partial charge in [0.1, 0.15) is 22.9 Å². The summed E-state index contributed by atoms with van der Waals surface area (Å²) in [5.41, 5.74) is 3.64. The quantitative estimate of drug-likeness (QED) is 0.480. The molecule has 110 valence electrons. The lowest BCUT2D eigenvalue weighted by Crippen LogP contribution is -2.38. The molecule has 1 aliphatic rings. The van der Waals surface area contributed by atoms with E-state index in [1.807, 2.05) is 0 Å². The Labute approximate surface area is 120 Å². The zero-order valence-corrected chi connectivity index (χ0v) is 11.6. The normalized spacial score (nSPS) is 29.6. The molecule has 1 aromatic heterocycles. The third-order valence-corrected chi connectivity index (χ3v) is 3.31.